The number of hydrogen-bond donors (Lipinski definition) is 1. The molecule has 0 amide bonds. The Kier molecular flexibility index (Phi) is 3.26. The first-order valence-electron chi connectivity index (χ1n) is 3.57. The number of fused-ring (bicyclic) bond motifs is 1. The van der Waals surface area contributed by atoms with Crippen molar-refractivity contribution >= 4 is 24.0 Å². The molecule has 0 bridgehead atoms. The fourth-order valence-corrected chi connectivity index (χ4v) is 1.34. The van der Waals surface area contributed by atoms with Gasteiger partial charge < -0.3 is 5.32 Å². The van der Waals surface area contributed by atoms with Gasteiger partial charge in [-0.05, 0) is 0 Å². The highest BCUT2D eigenvalue weighted by molar-refractivity contribution is 6.29. The van der Waals surface area contributed by atoms with Crippen LogP contribution in [0, 0.1) is 0 Å². The predicted molar refractivity (Wildman–Crippen MR) is 49.7 cm³/mol. The molecule has 0 saturated carbocycles. The molecule has 1 N–H and O–H groups in total. The molecule has 0 spiro atoms. The van der Waals surface area contributed by atoms with Crippen LogP contribution in [-0.2, 0) is 13.0 Å². The van der Waals surface area contributed by atoms with Crippen molar-refractivity contribution < 1.29 is 0 Å². The fraction of sp³-hybridized carbons (Fsp3) is 0.429. The van der Waals surface area contributed by atoms with Crippen LogP contribution in [-0.4, -0.2) is 16.5 Å². The Balaban J connectivity index is 0.000000720. The molecule has 2 rings (SSSR count). The second kappa shape index (κ2) is 4.03. The van der Waals surface area contributed by atoms with Gasteiger partial charge in [0.05, 0.1) is 17.6 Å². The molecule has 5 heteroatoms. The summed E-state index contributed by atoms with van der Waals surface area (Å²) in [6.45, 7) is 1.79. The van der Waals surface area contributed by atoms with Gasteiger partial charge in [0, 0.05) is 19.5 Å². The van der Waals surface area contributed by atoms with E-state index in [0.717, 1.165) is 30.9 Å². The van der Waals surface area contributed by atoms with E-state index in [9.17, 15) is 0 Å². The summed E-state index contributed by atoms with van der Waals surface area (Å²) in [5.41, 5.74) is 2.07. The van der Waals surface area contributed by atoms with Crippen molar-refractivity contribution in [1.82, 2.24) is 15.3 Å². The molecular weight excluding hydrogens is 197 g/mol. The highest BCUT2D eigenvalue weighted by Gasteiger charge is 2.10. The lowest BCUT2D eigenvalue weighted by Crippen LogP contribution is -2.25. The first-order valence-corrected chi connectivity index (χ1v) is 3.95. The molecular formula is C7H9Cl2N3. The zero-order valence-corrected chi connectivity index (χ0v) is 7.95. The molecule has 0 unspecified atom stereocenters. The van der Waals surface area contributed by atoms with Gasteiger partial charge in [-0.3, -0.25) is 4.98 Å². The van der Waals surface area contributed by atoms with Crippen molar-refractivity contribution in [3.8, 4) is 0 Å². The van der Waals surface area contributed by atoms with Crippen LogP contribution in [0.5, 0.6) is 0 Å². The van der Waals surface area contributed by atoms with Crippen molar-refractivity contribution in [1.29, 1.82) is 0 Å². The van der Waals surface area contributed by atoms with Crippen LogP contribution in [0.2, 0.25) is 5.15 Å². The summed E-state index contributed by atoms with van der Waals surface area (Å²) < 4.78 is 0. The standard InChI is InChI=1S/C7H8ClN3.ClH/c8-7-4-10-6-3-9-2-1-5(6)11-7;/h4,9H,1-3H2;1H. The maximum atomic E-state index is 5.68. The summed E-state index contributed by atoms with van der Waals surface area (Å²) in [5, 5.41) is 3.71. The van der Waals surface area contributed by atoms with Gasteiger partial charge in [0.15, 0.2) is 0 Å². The van der Waals surface area contributed by atoms with Gasteiger partial charge in [0.25, 0.3) is 0 Å². The van der Waals surface area contributed by atoms with Gasteiger partial charge >= 0.3 is 0 Å². The SMILES string of the molecule is Cl.Clc1cnc2c(n1)CCNC2. The van der Waals surface area contributed by atoms with Crippen LogP contribution in [0.3, 0.4) is 0 Å². The van der Waals surface area contributed by atoms with Gasteiger partial charge in [-0.25, -0.2) is 4.98 Å². The zero-order chi connectivity index (χ0) is 7.68. The smallest absolute Gasteiger partial charge is 0.147 e. The lowest BCUT2D eigenvalue weighted by atomic mass is 10.2. The quantitative estimate of drug-likeness (QED) is 0.692. The van der Waals surface area contributed by atoms with Crippen LogP contribution < -0.4 is 5.32 Å². The minimum atomic E-state index is 0. The molecule has 0 aliphatic carbocycles. The topological polar surface area (TPSA) is 37.8 Å². The summed E-state index contributed by atoms with van der Waals surface area (Å²) in [4.78, 5) is 8.34. The van der Waals surface area contributed by atoms with E-state index in [1.165, 1.54) is 0 Å². The minimum Gasteiger partial charge on any atom is -0.311 e. The molecule has 66 valence electrons. The molecule has 0 fully saturated rings. The number of nitrogens with one attached hydrogen (secondary N) is 1. The fourth-order valence-electron chi connectivity index (χ4n) is 1.19. The molecule has 1 aromatic heterocycles. The summed E-state index contributed by atoms with van der Waals surface area (Å²) in [6.07, 6.45) is 2.52. The minimum absolute atomic E-state index is 0. The Morgan fingerprint density at radius 2 is 2.25 bits per heavy atom. The van der Waals surface area contributed by atoms with E-state index in [4.69, 9.17) is 11.6 Å². The van der Waals surface area contributed by atoms with Crippen molar-refractivity contribution in [3.05, 3.63) is 22.7 Å². The van der Waals surface area contributed by atoms with E-state index in [2.05, 4.69) is 15.3 Å². The van der Waals surface area contributed by atoms with E-state index in [-0.39, 0.29) is 12.4 Å². The van der Waals surface area contributed by atoms with Crippen molar-refractivity contribution in [2.45, 2.75) is 13.0 Å². The number of aromatic nitrogens is 2. The van der Waals surface area contributed by atoms with Crippen molar-refractivity contribution in [2.75, 3.05) is 6.54 Å². The number of nitrogens with zero attached hydrogens (tertiary/aromatic N) is 2. The Hall–Kier alpha value is -0.380. The average Bonchev–Trinajstić information content (AvgIpc) is 2.04. The van der Waals surface area contributed by atoms with Gasteiger partial charge in [0.1, 0.15) is 5.15 Å². The summed E-state index contributed by atoms with van der Waals surface area (Å²) in [5.74, 6) is 0. The summed E-state index contributed by atoms with van der Waals surface area (Å²) >= 11 is 5.68. The lowest BCUT2D eigenvalue weighted by Gasteiger charge is -2.13. The molecule has 1 aromatic rings. The Labute approximate surface area is 82.0 Å². The van der Waals surface area contributed by atoms with Crippen LogP contribution in [0.4, 0.5) is 0 Å². The highest BCUT2D eigenvalue weighted by atomic mass is 35.5. The summed E-state index contributed by atoms with van der Waals surface area (Å²) in [7, 11) is 0. The molecule has 0 saturated heterocycles. The number of rotatable bonds is 0. The predicted octanol–water partition coefficient (Wildman–Crippen LogP) is 1.20. The first-order chi connectivity index (χ1) is 5.36. The molecule has 0 aromatic carbocycles. The third-order valence-corrected chi connectivity index (χ3v) is 1.91. The normalized spacial score (nSPS) is 14.8. The van der Waals surface area contributed by atoms with E-state index in [1.807, 2.05) is 0 Å². The Morgan fingerprint density at radius 3 is 3.08 bits per heavy atom. The maximum absolute atomic E-state index is 5.68. The lowest BCUT2D eigenvalue weighted by molar-refractivity contribution is 0.613. The molecule has 0 radical (unpaired) electrons. The van der Waals surface area contributed by atoms with Crippen molar-refractivity contribution in [2.24, 2.45) is 0 Å². The van der Waals surface area contributed by atoms with Crippen LogP contribution in [0.25, 0.3) is 0 Å². The van der Waals surface area contributed by atoms with E-state index in [0.29, 0.717) is 5.15 Å². The number of hydrogen-bond acceptors (Lipinski definition) is 3. The third-order valence-electron chi connectivity index (χ3n) is 1.73. The molecule has 0 atom stereocenters. The molecule has 12 heavy (non-hydrogen) atoms. The maximum Gasteiger partial charge on any atom is 0.147 e. The Morgan fingerprint density at radius 1 is 1.42 bits per heavy atom. The monoisotopic (exact) mass is 205 g/mol. The van der Waals surface area contributed by atoms with Crippen LogP contribution >= 0.6 is 24.0 Å². The first kappa shape index (κ1) is 9.71. The van der Waals surface area contributed by atoms with Gasteiger partial charge in [-0.2, -0.15) is 0 Å². The zero-order valence-electron chi connectivity index (χ0n) is 6.38. The Bertz CT molecular complexity index is 277. The summed E-state index contributed by atoms with van der Waals surface area (Å²) in [6, 6.07) is 0. The van der Waals surface area contributed by atoms with Crippen molar-refractivity contribution in [3.63, 3.8) is 0 Å². The molecule has 3 nitrogen and oxygen atoms in total. The third kappa shape index (κ3) is 1.86. The van der Waals surface area contributed by atoms with Gasteiger partial charge in [0.2, 0.25) is 0 Å². The van der Waals surface area contributed by atoms with E-state index < -0.39 is 0 Å². The second-order valence-electron chi connectivity index (χ2n) is 2.51. The number of halogens is 2. The van der Waals surface area contributed by atoms with Crippen LogP contribution in [0.15, 0.2) is 6.20 Å². The van der Waals surface area contributed by atoms with E-state index in [1.54, 1.807) is 6.20 Å². The largest absolute Gasteiger partial charge is 0.311 e. The molecule has 1 aliphatic rings. The second-order valence-corrected chi connectivity index (χ2v) is 2.90. The average molecular weight is 206 g/mol. The van der Waals surface area contributed by atoms with Gasteiger partial charge in [-0.15, -0.1) is 12.4 Å². The molecule has 2 heterocycles. The molecule has 1 aliphatic heterocycles. The van der Waals surface area contributed by atoms with Crippen LogP contribution in [0.1, 0.15) is 11.4 Å². The van der Waals surface area contributed by atoms with Gasteiger partial charge in [-0.1, -0.05) is 11.6 Å². The highest BCUT2D eigenvalue weighted by Crippen LogP contribution is 2.11. The van der Waals surface area contributed by atoms with E-state index >= 15 is 0 Å².